The van der Waals surface area contributed by atoms with Crippen molar-refractivity contribution in [3.63, 3.8) is 0 Å². The topological polar surface area (TPSA) is 81.9 Å². The summed E-state index contributed by atoms with van der Waals surface area (Å²) in [5, 5.41) is 14.8. The first-order valence-electron chi connectivity index (χ1n) is 7.31. The highest BCUT2D eigenvalue weighted by Gasteiger charge is 2.15. The molecular weight excluding hydrogens is 388 g/mol. The van der Waals surface area contributed by atoms with Crippen LogP contribution in [0.25, 0.3) is 5.69 Å². The van der Waals surface area contributed by atoms with Crippen molar-refractivity contribution in [2.24, 2.45) is 0 Å². The molecule has 128 valence electrons. The second-order valence-electron chi connectivity index (χ2n) is 5.41. The fraction of sp³-hybridized carbons (Fsp3) is 0.118. The highest BCUT2D eigenvalue weighted by molar-refractivity contribution is 5.96. The maximum absolute atomic E-state index is 12.2. The third kappa shape index (κ3) is 4.36. The van der Waals surface area contributed by atoms with E-state index >= 15 is 0 Å². The lowest BCUT2D eigenvalue weighted by molar-refractivity contribution is -0.596. The molecule has 0 N–H and O–H groups in total. The average molecular weight is 403 g/mol. The molecule has 2 aromatic carbocycles. The largest absolute Gasteiger partial charge is 1.00 e. The number of non-ortho nitro benzene ring substituents is 1. The van der Waals surface area contributed by atoms with Gasteiger partial charge in [-0.2, -0.15) is 0 Å². The van der Waals surface area contributed by atoms with Crippen LogP contribution in [-0.2, 0) is 6.54 Å². The van der Waals surface area contributed by atoms with Gasteiger partial charge >= 0.3 is 0 Å². The number of Topliss-reactive ketones (excluding diaryl/α,β-unsaturated/α-hetero) is 1. The van der Waals surface area contributed by atoms with Crippen LogP contribution in [-0.4, -0.2) is 20.5 Å². The highest BCUT2D eigenvalue weighted by Crippen LogP contribution is 2.12. The Kier molecular flexibility index (Phi) is 5.76. The minimum Gasteiger partial charge on any atom is -1.00 e. The molecule has 0 spiro atoms. The zero-order chi connectivity index (χ0) is 17.1. The number of nitrogens with zero attached hydrogens (tertiary/aromatic N) is 4. The van der Waals surface area contributed by atoms with Gasteiger partial charge in [-0.25, -0.2) is 4.57 Å². The molecule has 0 unspecified atom stereocenters. The van der Waals surface area contributed by atoms with Gasteiger partial charge in [-0.3, -0.25) is 14.9 Å². The van der Waals surface area contributed by atoms with E-state index in [0.29, 0.717) is 5.56 Å². The van der Waals surface area contributed by atoms with Crippen molar-refractivity contribution in [1.29, 1.82) is 0 Å². The van der Waals surface area contributed by atoms with Gasteiger partial charge in [0.15, 0.2) is 12.3 Å². The standard InChI is InChI=1S/C17H15N4O3.BrH/c1-13-2-6-15(7-3-13)19-11-18-20(12-19)10-17(22)14-4-8-16(9-5-14)21(23)24;/h2-9,11-12H,10H2,1H3;1H/q+1;/p-1. The number of carbonyl (C=O) groups excluding carboxylic acids is 1. The first-order valence-corrected chi connectivity index (χ1v) is 7.31. The number of nitro benzene ring substituents is 1. The summed E-state index contributed by atoms with van der Waals surface area (Å²) in [4.78, 5) is 22.4. The molecule has 7 nitrogen and oxygen atoms in total. The van der Waals surface area contributed by atoms with Crippen LogP contribution >= 0.6 is 0 Å². The molecule has 0 bridgehead atoms. The average Bonchev–Trinajstić information content (AvgIpc) is 3.04. The van der Waals surface area contributed by atoms with Gasteiger partial charge in [-0.1, -0.05) is 17.7 Å². The number of aryl methyl sites for hydroxylation is 1. The maximum atomic E-state index is 12.2. The van der Waals surface area contributed by atoms with Gasteiger partial charge in [-0.15, -0.1) is 4.68 Å². The quantitative estimate of drug-likeness (QED) is 0.243. The molecule has 0 radical (unpaired) electrons. The Labute approximate surface area is 154 Å². The van der Waals surface area contributed by atoms with E-state index in [1.807, 2.05) is 35.8 Å². The molecule has 3 aromatic rings. The summed E-state index contributed by atoms with van der Waals surface area (Å²) < 4.78 is 3.35. The monoisotopic (exact) mass is 402 g/mol. The number of benzene rings is 2. The molecule has 0 atom stereocenters. The molecule has 25 heavy (non-hydrogen) atoms. The number of nitro groups is 1. The number of carbonyl (C=O) groups is 1. The van der Waals surface area contributed by atoms with Crippen LogP contribution in [0, 0.1) is 17.0 Å². The van der Waals surface area contributed by atoms with Crippen molar-refractivity contribution in [1.82, 2.24) is 9.78 Å². The molecule has 1 aromatic heterocycles. The van der Waals surface area contributed by atoms with E-state index in [0.717, 1.165) is 5.69 Å². The molecule has 0 amide bonds. The first kappa shape index (κ1) is 18.5. The fourth-order valence-electron chi connectivity index (χ4n) is 2.26. The summed E-state index contributed by atoms with van der Waals surface area (Å²) in [7, 11) is 0. The van der Waals surface area contributed by atoms with Crippen molar-refractivity contribution in [2.75, 3.05) is 0 Å². The van der Waals surface area contributed by atoms with Crippen LogP contribution in [0.15, 0.2) is 61.2 Å². The summed E-state index contributed by atoms with van der Waals surface area (Å²) in [5.41, 5.74) is 2.50. The van der Waals surface area contributed by atoms with Crippen LogP contribution in [0.4, 0.5) is 5.69 Å². The van der Waals surface area contributed by atoms with Gasteiger partial charge in [0.05, 0.1) is 4.92 Å². The van der Waals surface area contributed by atoms with Crippen LogP contribution in [0.2, 0.25) is 0 Å². The van der Waals surface area contributed by atoms with E-state index in [-0.39, 0.29) is 35.0 Å². The van der Waals surface area contributed by atoms with Gasteiger partial charge in [0.1, 0.15) is 5.69 Å². The molecule has 0 saturated carbocycles. The third-order valence-electron chi connectivity index (χ3n) is 3.62. The number of hydrogen-bond acceptors (Lipinski definition) is 4. The van der Waals surface area contributed by atoms with Gasteiger partial charge in [0.25, 0.3) is 12.0 Å². The predicted molar refractivity (Wildman–Crippen MR) is 85.9 cm³/mol. The van der Waals surface area contributed by atoms with Crippen molar-refractivity contribution in [3.05, 3.63) is 82.4 Å². The van der Waals surface area contributed by atoms with Crippen molar-refractivity contribution < 1.29 is 31.3 Å². The third-order valence-corrected chi connectivity index (χ3v) is 3.62. The summed E-state index contributed by atoms with van der Waals surface area (Å²) in [6.45, 7) is 2.08. The Bertz CT molecular complexity index is 889. The number of rotatable bonds is 5. The summed E-state index contributed by atoms with van der Waals surface area (Å²) in [5.74, 6) is -0.163. The van der Waals surface area contributed by atoms with Crippen molar-refractivity contribution in [2.45, 2.75) is 13.5 Å². The Morgan fingerprint density at radius 2 is 1.80 bits per heavy atom. The van der Waals surface area contributed by atoms with Crippen molar-refractivity contribution >= 4 is 11.5 Å². The Balaban J connectivity index is 0.00000225. The van der Waals surface area contributed by atoms with Crippen LogP contribution in [0.1, 0.15) is 15.9 Å². The zero-order valence-corrected chi connectivity index (χ0v) is 15.0. The molecule has 1 heterocycles. The van der Waals surface area contributed by atoms with Gasteiger partial charge in [0.2, 0.25) is 6.33 Å². The molecular formula is C17H15BrN4O3. The smallest absolute Gasteiger partial charge is 0.270 e. The van der Waals surface area contributed by atoms with Crippen molar-refractivity contribution in [3.8, 4) is 5.69 Å². The molecule has 0 aliphatic heterocycles. The zero-order valence-electron chi connectivity index (χ0n) is 13.4. The summed E-state index contributed by atoms with van der Waals surface area (Å²) in [6.07, 6.45) is 3.36. The SMILES string of the molecule is Cc1ccc(-[n+]2cnn(CC(=O)c3ccc([N+](=O)[O-])cc3)c2)cc1.[Br-]. The lowest BCUT2D eigenvalue weighted by atomic mass is 10.1. The lowest BCUT2D eigenvalue weighted by Gasteiger charge is -1.98. The minimum absolute atomic E-state index is 0. The van der Waals surface area contributed by atoms with Gasteiger partial charge in [-0.05, 0) is 31.2 Å². The van der Waals surface area contributed by atoms with E-state index in [4.69, 9.17) is 0 Å². The Morgan fingerprint density at radius 1 is 1.16 bits per heavy atom. The van der Waals surface area contributed by atoms with E-state index in [1.165, 1.54) is 34.5 Å². The van der Waals surface area contributed by atoms with Crippen LogP contribution in [0.3, 0.4) is 0 Å². The lowest BCUT2D eigenvalue weighted by Crippen LogP contribution is -3.00. The molecule has 0 aliphatic carbocycles. The fourth-order valence-corrected chi connectivity index (χ4v) is 2.26. The molecule has 0 saturated heterocycles. The van der Waals surface area contributed by atoms with E-state index in [9.17, 15) is 14.9 Å². The Hall–Kier alpha value is -2.87. The number of ketones is 1. The molecule has 3 rings (SSSR count). The number of hydrogen-bond donors (Lipinski definition) is 0. The summed E-state index contributed by atoms with van der Waals surface area (Å²) >= 11 is 0. The van der Waals surface area contributed by atoms with E-state index in [2.05, 4.69) is 5.10 Å². The predicted octanol–water partition coefficient (Wildman–Crippen LogP) is -0.737. The van der Waals surface area contributed by atoms with Crippen LogP contribution in [0.5, 0.6) is 0 Å². The van der Waals surface area contributed by atoms with Gasteiger partial charge in [0, 0.05) is 22.8 Å². The minimum atomic E-state index is -0.494. The summed E-state index contributed by atoms with van der Waals surface area (Å²) in [6, 6.07) is 13.5. The van der Waals surface area contributed by atoms with E-state index < -0.39 is 4.92 Å². The van der Waals surface area contributed by atoms with Gasteiger partial charge < -0.3 is 17.0 Å². The van der Waals surface area contributed by atoms with Crippen LogP contribution < -0.4 is 21.5 Å². The highest BCUT2D eigenvalue weighted by atomic mass is 79.9. The molecule has 8 heteroatoms. The first-order chi connectivity index (χ1) is 11.5. The Morgan fingerprint density at radius 3 is 2.40 bits per heavy atom. The normalized spacial score (nSPS) is 10.1. The number of aromatic nitrogens is 3. The maximum Gasteiger partial charge on any atom is 0.270 e. The number of halogens is 1. The second kappa shape index (κ2) is 7.80. The molecule has 0 aliphatic rings. The van der Waals surface area contributed by atoms with E-state index in [1.54, 1.807) is 12.7 Å². The second-order valence-corrected chi connectivity index (χ2v) is 5.41. The molecule has 0 fully saturated rings.